The Kier molecular flexibility index (Phi) is 5.02. The van der Waals surface area contributed by atoms with Crippen LogP contribution in [0.4, 0.5) is 13.6 Å². The molecule has 0 atom stereocenters. The van der Waals surface area contributed by atoms with E-state index >= 15 is 0 Å². The highest BCUT2D eigenvalue weighted by atomic mass is 32.1. The van der Waals surface area contributed by atoms with Crippen LogP contribution in [-0.2, 0) is 4.74 Å². The normalized spacial score (nSPS) is 17.6. The highest BCUT2D eigenvalue weighted by molar-refractivity contribution is 7.80. The van der Waals surface area contributed by atoms with Gasteiger partial charge in [-0.25, -0.2) is 13.6 Å². The summed E-state index contributed by atoms with van der Waals surface area (Å²) in [6, 6.07) is 16.1. The molecule has 1 amide bonds. The minimum absolute atomic E-state index is 0.0413. The summed E-state index contributed by atoms with van der Waals surface area (Å²) in [4.78, 5) is 13.8. The number of carbonyl (C=O) groups is 1. The zero-order valence-electron chi connectivity index (χ0n) is 15.2. The molecule has 0 radical (unpaired) electrons. The Morgan fingerprint density at radius 2 is 1.61 bits per heavy atom. The zero-order valence-corrected chi connectivity index (χ0v) is 16.0. The predicted octanol–water partition coefficient (Wildman–Crippen LogP) is 4.54. The minimum Gasteiger partial charge on any atom is -0.448 e. The summed E-state index contributed by atoms with van der Waals surface area (Å²) < 4.78 is 31.9. The molecule has 1 aliphatic carbocycles. The van der Waals surface area contributed by atoms with Crippen LogP contribution < -0.4 is 5.32 Å². The van der Waals surface area contributed by atoms with Gasteiger partial charge in [0.05, 0.1) is 0 Å². The number of fused-ring (bicyclic) bond motifs is 3. The molecule has 1 N–H and O–H groups in total. The van der Waals surface area contributed by atoms with Gasteiger partial charge in [0.25, 0.3) is 5.92 Å². The minimum atomic E-state index is -2.66. The molecular formula is C21H20F2N2O2S. The topological polar surface area (TPSA) is 41.6 Å². The molecule has 0 aromatic heterocycles. The van der Waals surface area contributed by atoms with Crippen LogP contribution in [0.5, 0.6) is 0 Å². The molecule has 7 heteroatoms. The van der Waals surface area contributed by atoms with Crippen LogP contribution >= 0.6 is 12.2 Å². The Morgan fingerprint density at radius 1 is 1.07 bits per heavy atom. The van der Waals surface area contributed by atoms with Crippen molar-refractivity contribution in [3.63, 3.8) is 0 Å². The molecule has 0 bridgehead atoms. The van der Waals surface area contributed by atoms with E-state index in [1.807, 2.05) is 36.4 Å². The maximum atomic E-state index is 13.3. The fraction of sp³-hybridized carbons (Fsp3) is 0.333. The highest BCUT2D eigenvalue weighted by Crippen LogP contribution is 2.44. The summed E-state index contributed by atoms with van der Waals surface area (Å²) in [7, 11) is 0. The Bertz CT molecular complexity index is 863. The summed E-state index contributed by atoms with van der Waals surface area (Å²) in [5.41, 5.74) is 4.54. The van der Waals surface area contributed by atoms with Gasteiger partial charge >= 0.3 is 6.09 Å². The number of rotatable bonds is 2. The van der Waals surface area contributed by atoms with Gasteiger partial charge in [-0.15, -0.1) is 0 Å². The Balaban J connectivity index is 1.37. The number of alkyl halides is 2. The van der Waals surface area contributed by atoms with Crippen LogP contribution in [0.15, 0.2) is 48.5 Å². The monoisotopic (exact) mass is 402 g/mol. The second-order valence-corrected chi connectivity index (χ2v) is 7.49. The molecule has 4 nitrogen and oxygen atoms in total. The molecule has 2 aromatic carbocycles. The summed E-state index contributed by atoms with van der Waals surface area (Å²) >= 11 is 5.17. The lowest BCUT2D eigenvalue weighted by Crippen LogP contribution is -2.48. The molecular weight excluding hydrogens is 382 g/mol. The largest absolute Gasteiger partial charge is 0.448 e. The number of halogens is 2. The van der Waals surface area contributed by atoms with Crippen molar-refractivity contribution in [1.29, 1.82) is 0 Å². The van der Waals surface area contributed by atoms with E-state index in [1.165, 1.54) is 0 Å². The average Bonchev–Trinajstić information content (AvgIpc) is 3.00. The number of hydrogen-bond donors (Lipinski definition) is 1. The molecule has 2 aliphatic rings. The lowest BCUT2D eigenvalue weighted by Gasteiger charge is -2.33. The SMILES string of the molecule is O=C(NC(=S)N1CCC(F)(F)CC1)OCC1c2ccccc2-c2ccccc21. The van der Waals surface area contributed by atoms with Crippen molar-refractivity contribution < 1.29 is 18.3 Å². The Hall–Kier alpha value is -2.54. The van der Waals surface area contributed by atoms with Gasteiger partial charge in [-0.3, -0.25) is 5.32 Å². The Morgan fingerprint density at radius 3 is 2.18 bits per heavy atom. The standard InChI is InChI=1S/C21H20F2N2O2S/c22-21(23)9-11-25(12-10-21)19(28)24-20(26)27-13-18-16-7-3-1-5-14(16)15-6-2-4-8-17(15)18/h1-8,18H,9-13H2,(H,24,26,28). The lowest BCUT2D eigenvalue weighted by molar-refractivity contribution is -0.0434. The quantitative estimate of drug-likeness (QED) is 0.749. The number of nitrogens with zero attached hydrogens (tertiary/aromatic N) is 1. The van der Waals surface area contributed by atoms with Crippen molar-refractivity contribution in [3.8, 4) is 11.1 Å². The first kappa shape index (κ1) is 18.8. The molecule has 1 fully saturated rings. The van der Waals surface area contributed by atoms with Crippen LogP contribution in [0.1, 0.15) is 29.9 Å². The molecule has 28 heavy (non-hydrogen) atoms. The number of carbonyl (C=O) groups excluding carboxylic acids is 1. The summed E-state index contributed by atoms with van der Waals surface area (Å²) in [6.07, 6.45) is -1.19. The number of ether oxygens (including phenoxy) is 1. The van der Waals surface area contributed by atoms with Gasteiger partial charge in [-0.05, 0) is 34.5 Å². The van der Waals surface area contributed by atoms with E-state index in [-0.39, 0.29) is 43.6 Å². The van der Waals surface area contributed by atoms with E-state index in [0.29, 0.717) is 0 Å². The highest BCUT2D eigenvalue weighted by Gasteiger charge is 2.35. The van der Waals surface area contributed by atoms with E-state index < -0.39 is 12.0 Å². The number of hydrogen-bond acceptors (Lipinski definition) is 3. The fourth-order valence-electron chi connectivity index (χ4n) is 3.84. The molecule has 0 spiro atoms. The maximum Gasteiger partial charge on any atom is 0.413 e. The molecule has 146 valence electrons. The third-order valence-electron chi connectivity index (χ3n) is 5.33. The van der Waals surface area contributed by atoms with Crippen molar-refractivity contribution in [3.05, 3.63) is 59.7 Å². The van der Waals surface area contributed by atoms with Crippen molar-refractivity contribution in [1.82, 2.24) is 10.2 Å². The van der Waals surface area contributed by atoms with Gasteiger partial charge in [0.15, 0.2) is 5.11 Å². The smallest absolute Gasteiger partial charge is 0.413 e. The van der Waals surface area contributed by atoms with Gasteiger partial charge in [-0.1, -0.05) is 48.5 Å². The predicted molar refractivity (Wildman–Crippen MR) is 107 cm³/mol. The van der Waals surface area contributed by atoms with E-state index in [2.05, 4.69) is 17.4 Å². The van der Waals surface area contributed by atoms with E-state index in [4.69, 9.17) is 17.0 Å². The third kappa shape index (κ3) is 3.71. The zero-order chi connectivity index (χ0) is 19.7. The van der Waals surface area contributed by atoms with Crippen LogP contribution in [0, 0.1) is 0 Å². The molecule has 0 saturated carbocycles. The summed E-state index contributed by atoms with van der Waals surface area (Å²) in [5, 5.41) is 2.63. The van der Waals surface area contributed by atoms with Gasteiger partial charge in [0.2, 0.25) is 0 Å². The number of thiocarbonyl (C=S) groups is 1. The number of amides is 1. The second-order valence-electron chi connectivity index (χ2n) is 7.10. The number of alkyl carbamates (subject to hydrolysis) is 1. The van der Waals surface area contributed by atoms with Crippen LogP contribution in [0.25, 0.3) is 11.1 Å². The second kappa shape index (κ2) is 7.47. The van der Waals surface area contributed by atoms with Gasteiger partial charge in [0, 0.05) is 31.8 Å². The van der Waals surface area contributed by atoms with Gasteiger partial charge in [-0.2, -0.15) is 0 Å². The van der Waals surface area contributed by atoms with Crippen molar-refractivity contribution in [2.75, 3.05) is 19.7 Å². The third-order valence-corrected chi connectivity index (χ3v) is 5.70. The molecule has 1 saturated heterocycles. The van der Waals surface area contributed by atoms with Crippen LogP contribution in [0.3, 0.4) is 0 Å². The molecule has 2 aromatic rings. The summed E-state index contributed by atoms with van der Waals surface area (Å²) in [5.74, 6) is -2.70. The number of nitrogens with one attached hydrogen (secondary N) is 1. The van der Waals surface area contributed by atoms with E-state index in [0.717, 1.165) is 22.3 Å². The molecule has 0 unspecified atom stereocenters. The summed E-state index contributed by atoms with van der Waals surface area (Å²) in [6.45, 7) is 0.422. The molecule has 1 heterocycles. The maximum absolute atomic E-state index is 13.3. The molecule has 1 aliphatic heterocycles. The first-order valence-electron chi connectivity index (χ1n) is 9.23. The van der Waals surface area contributed by atoms with Gasteiger partial charge < -0.3 is 9.64 Å². The Labute approximate surface area is 167 Å². The number of benzene rings is 2. The van der Waals surface area contributed by atoms with E-state index in [1.54, 1.807) is 4.90 Å². The van der Waals surface area contributed by atoms with Crippen molar-refractivity contribution in [2.24, 2.45) is 0 Å². The fourth-order valence-corrected chi connectivity index (χ4v) is 4.10. The molecule has 4 rings (SSSR count). The first-order valence-corrected chi connectivity index (χ1v) is 9.64. The van der Waals surface area contributed by atoms with Gasteiger partial charge in [0.1, 0.15) is 6.61 Å². The first-order chi connectivity index (χ1) is 13.4. The van der Waals surface area contributed by atoms with Crippen molar-refractivity contribution >= 4 is 23.4 Å². The van der Waals surface area contributed by atoms with Crippen molar-refractivity contribution in [2.45, 2.75) is 24.7 Å². The lowest BCUT2D eigenvalue weighted by atomic mass is 9.98. The average molecular weight is 402 g/mol. The number of piperidine rings is 1. The van der Waals surface area contributed by atoms with Crippen LogP contribution in [0.2, 0.25) is 0 Å². The number of likely N-dealkylation sites (tertiary alicyclic amines) is 1. The van der Waals surface area contributed by atoms with Crippen LogP contribution in [-0.4, -0.2) is 41.7 Å². The van der Waals surface area contributed by atoms with E-state index in [9.17, 15) is 13.6 Å².